The van der Waals surface area contributed by atoms with Crippen molar-refractivity contribution in [2.24, 2.45) is 0 Å². The summed E-state index contributed by atoms with van der Waals surface area (Å²) in [5.74, 6) is 0. The maximum absolute atomic E-state index is 10.6. The topological polar surface area (TPSA) is 68.1 Å². The van der Waals surface area contributed by atoms with Crippen molar-refractivity contribution in [3.8, 4) is 0 Å². The fraction of sp³-hybridized carbons (Fsp3) is 0. The molecule has 2 rings (SSSR count). The van der Waals surface area contributed by atoms with Gasteiger partial charge in [-0.1, -0.05) is 18.3 Å². The van der Waals surface area contributed by atoms with Crippen molar-refractivity contribution in [2.45, 2.75) is 0 Å². The first kappa shape index (κ1) is 12.1. The van der Waals surface area contributed by atoms with Gasteiger partial charge in [0.05, 0.1) is 4.92 Å². The normalized spacial score (nSPS) is 9.78. The lowest BCUT2D eigenvalue weighted by Crippen LogP contribution is -2.10. The molecule has 90 valence electrons. The van der Waals surface area contributed by atoms with Gasteiger partial charge in [0.2, 0.25) is 0 Å². The summed E-state index contributed by atoms with van der Waals surface area (Å²) < 4.78 is 0. The molecule has 0 aliphatic heterocycles. The number of thiocarbonyl (C=S) groups is 1. The summed E-state index contributed by atoms with van der Waals surface area (Å²) in [4.78, 5) is 14.6. The third kappa shape index (κ3) is 2.86. The fourth-order valence-electron chi connectivity index (χ4n) is 1.40. The Morgan fingerprint density at radius 2 is 2.00 bits per heavy atom. The van der Waals surface area contributed by atoms with Crippen LogP contribution in [0.5, 0.6) is 0 Å². The highest BCUT2D eigenvalue weighted by Crippen LogP contribution is 2.17. The Hall–Kier alpha value is -2.34. The molecule has 1 aromatic heterocycles. The van der Waals surface area contributed by atoms with Gasteiger partial charge in [-0.15, -0.1) is 0 Å². The van der Waals surface area contributed by atoms with E-state index in [9.17, 15) is 10.1 Å². The summed E-state index contributed by atoms with van der Waals surface area (Å²) in [6, 6.07) is 9.74. The van der Waals surface area contributed by atoms with Gasteiger partial charge in [0.25, 0.3) is 5.69 Å². The molecule has 0 saturated carbocycles. The summed E-state index contributed by atoms with van der Waals surface area (Å²) in [5.41, 5.74) is 1.43. The van der Waals surface area contributed by atoms with Crippen LogP contribution in [-0.2, 0) is 0 Å². The van der Waals surface area contributed by atoms with Gasteiger partial charge >= 0.3 is 0 Å². The van der Waals surface area contributed by atoms with Crippen LogP contribution in [0.25, 0.3) is 0 Å². The minimum absolute atomic E-state index is 0.0255. The Bertz CT molecular complexity index is 587. The largest absolute Gasteiger partial charge is 0.346 e. The van der Waals surface area contributed by atoms with E-state index in [1.165, 1.54) is 12.1 Å². The molecule has 1 aromatic carbocycles. The summed E-state index contributed by atoms with van der Waals surface area (Å²) in [5, 5.41) is 13.6. The lowest BCUT2D eigenvalue weighted by molar-refractivity contribution is -0.384. The summed E-state index contributed by atoms with van der Waals surface area (Å²) in [6.07, 6.45) is 3.27. The Labute approximate surface area is 109 Å². The van der Waals surface area contributed by atoms with Gasteiger partial charge in [0.15, 0.2) is 0 Å². The average Bonchev–Trinajstić information content (AvgIpc) is 2.40. The van der Waals surface area contributed by atoms with Crippen molar-refractivity contribution in [1.82, 2.24) is 4.98 Å². The molecule has 0 saturated heterocycles. The maximum atomic E-state index is 10.6. The van der Waals surface area contributed by atoms with E-state index in [0.29, 0.717) is 10.7 Å². The molecule has 0 unspecified atom stereocenters. The number of benzene rings is 1. The molecule has 1 heterocycles. The van der Waals surface area contributed by atoms with E-state index < -0.39 is 4.92 Å². The number of aromatic nitrogens is 1. The van der Waals surface area contributed by atoms with E-state index in [1.54, 1.807) is 36.7 Å². The first-order chi connectivity index (χ1) is 8.66. The van der Waals surface area contributed by atoms with Gasteiger partial charge in [-0.3, -0.25) is 15.1 Å². The number of anilines is 1. The second-order valence-electron chi connectivity index (χ2n) is 3.50. The fourth-order valence-corrected chi connectivity index (χ4v) is 1.66. The van der Waals surface area contributed by atoms with Crippen molar-refractivity contribution in [2.75, 3.05) is 5.32 Å². The molecule has 0 amide bonds. The lowest BCUT2D eigenvalue weighted by Gasteiger charge is -2.07. The number of non-ortho nitro benzene ring substituents is 1. The third-order valence-corrected chi connectivity index (χ3v) is 2.60. The molecule has 2 aromatic rings. The Kier molecular flexibility index (Phi) is 3.59. The number of pyridine rings is 1. The molecule has 0 bridgehead atoms. The van der Waals surface area contributed by atoms with Crippen LogP contribution in [0.2, 0.25) is 0 Å². The number of nitro benzene ring substituents is 1. The second-order valence-corrected chi connectivity index (χ2v) is 3.91. The lowest BCUT2D eigenvalue weighted by atomic mass is 10.2. The SMILES string of the molecule is O=[N+]([O-])c1cccc(NC(=S)c2ccncc2)c1. The molecule has 0 atom stereocenters. The summed E-state index contributed by atoms with van der Waals surface area (Å²) in [6.45, 7) is 0. The number of nitrogens with one attached hydrogen (secondary N) is 1. The number of hydrogen-bond donors (Lipinski definition) is 1. The van der Waals surface area contributed by atoms with Gasteiger partial charge in [-0.05, 0) is 18.2 Å². The monoisotopic (exact) mass is 259 g/mol. The summed E-state index contributed by atoms with van der Waals surface area (Å²) >= 11 is 5.20. The molecule has 5 nitrogen and oxygen atoms in total. The third-order valence-electron chi connectivity index (χ3n) is 2.26. The Morgan fingerprint density at radius 1 is 1.28 bits per heavy atom. The minimum atomic E-state index is -0.444. The molecular formula is C12H9N3O2S. The van der Waals surface area contributed by atoms with Crippen molar-refractivity contribution >= 4 is 28.6 Å². The standard InChI is InChI=1S/C12H9N3O2S/c16-15(17)11-3-1-2-10(8-11)14-12(18)9-4-6-13-7-5-9/h1-8H,(H,14,18). The summed E-state index contributed by atoms with van der Waals surface area (Å²) in [7, 11) is 0. The van der Waals surface area contributed by atoms with Crippen LogP contribution >= 0.6 is 12.2 Å². The molecular weight excluding hydrogens is 250 g/mol. The molecule has 0 aliphatic rings. The highest BCUT2D eigenvalue weighted by Gasteiger charge is 2.07. The van der Waals surface area contributed by atoms with Crippen molar-refractivity contribution in [1.29, 1.82) is 0 Å². The first-order valence-corrected chi connectivity index (χ1v) is 5.53. The zero-order chi connectivity index (χ0) is 13.0. The van der Waals surface area contributed by atoms with Crippen molar-refractivity contribution < 1.29 is 4.92 Å². The average molecular weight is 259 g/mol. The highest BCUT2D eigenvalue weighted by atomic mass is 32.1. The van der Waals surface area contributed by atoms with E-state index in [4.69, 9.17) is 12.2 Å². The zero-order valence-corrected chi connectivity index (χ0v) is 10.1. The molecule has 6 heteroatoms. The van der Waals surface area contributed by atoms with E-state index in [1.807, 2.05) is 0 Å². The Morgan fingerprint density at radius 3 is 2.67 bits per heavy atom. The molecule has 18 heavy (non-hydrogen) atoms. The van der Waals surface area contributed by atoms with Gasteiger partial charge in [0, 0.05) is 35.8 Å². The van der Waals surface area contributed by atoms with Crippen LogP contribution in [-0.4, -0.2) is 14.9 Å². The second kappa shape index (κ2) is 5.33. The highest BCUT2D eigenvalue weighted by molar-refractivity contribution is 7.81. The van der Waals surface area contributed by atoms with E-state index in [-0.39, 0.29) is 5.69 Å². The number of nitro groups is 1. The molecule has 0 fully saturated rings. The van der Waals surface area contributed by atoms with Crippen LogP contribution in [0.15, 0.2) is 48.8 Å². The predicted octanol–water partition coefficient (Wildman–Crippen LogP) is 2.78. The molecule has 0 spiro atoms. The van der Waals surface area contributed by atoms with E-state index in [2.05, 4.69) is 10.3 Å². The smallest absolute Gasteiger partial charge is 0.271 e. The van der Waals surface area contributed by atoms with E-state index >= 15 is 0 Å². The number of hydrogen-bond acceptors (Lipinski definition) is 4. The van der Waals surface area contributed by atoms with Gasteiger partial charge < -0.3 is 5.32 Å². The van der Waals surface area contributed by atoms with Crippen LogP contribution < -0.4 is 5.32 Å². The van der Waals surface area contributed by atoms with Gasteiger partial charge in [0.1, 0.15) is 4.99 Å². The Balaban J connectivity index is 2.17. The van der Waals surface area contributed by atoms with Gasteiger partial charge in [-0.2, -0.15) is 0 Å². The first-order valence-electron chi connectivity index (χ1n) is 5.12. The van der Waals surface area contributed by atoms with E-state index in [0.717, 1.165) is 5.56 Å². The van der Waals surface area contributed by atoms with Gasteiger partial charge in [-0.25, -0.2) is 0 Å². The minimum Gasteiger partial charge on any atom is -0.346 e. The quantitative estimate of drug-likeness (QED) is 0.521. The molecule has 1 N–H and O–H groups in total. The van der Waals surface area contributed by atoms with Crippen LogP contribution in [0.1, 0.15) is 5.56 Å². The predicted molar refractivity (Wildman–Crippen MR) is 72.7 cm³/mol. The molecule has 0 aliphatic carbocycles. The number of rotatable bonds is 3. The molecule has 0 radical (unpaired) electrons. The maximum Gasteiger partial charge on any atom is 0.271 e. The zero-order valence-electron chi connectivity index (χ0n) is 9.24. The van der Waals surface area contributed by atoms with Crippen LogP contribution in [0.3, 0.4) is 0 Å². The van der Waals surface area contributed by atoms with Crippen molar-refractivity contribution in [3.63, 3.8) is 0 Å². The van der Waals surface area contributed by atoms with Crippen LogP contribution in [0, 0.1) is 10.1 Å². The van der Waals surface area contributed by atoms with Crippen LogP contribution in [0.4, 0.5) is 11.4 Å². The van der Waals surface area contributed by atoms with Crippen molar-refractivity contribution in [3.05, 3.63) is 64.5 Å². The number of nitrogens with zero attached hydrogens (tertiary/aromatic N) is 2.